The Morgan fingerprint density at radius 1 is 1.17 bits per heavy atom. The zero-order chi connectivity index (χ0) is 17.0. The molecule has 2 rings (SSSR count). The molecule has 0 radical (unpaired) electrons. The Balaban J connectivity index is 2.12. The molecule has 4 nitrogen and oxygen atoms in total. The molecule has 0 bridgehead atoms. The van der Waals surface area contributed by atoms with Crippen molar-refractivity contribution < 1.29 is 9.53 Å². The summed E-state index contributed by atoms with van der Waals surface area (Å²) in [5.41, 5.74) is 7.04. The SMILES string of the molecule is COc1ccc(CN(C)C(=O)C(C)(N)c2ccc(Br)cc2)cc1. The van der Waals surface area contributed by atoms with Gasteiger partial charge in [-0.05, 0) is 42.3 Å². The number of carbonyl (C=O) groups is 1. The Bertz CT molecular complexity index is 666. The number of ether oxygens (including phenoxy) is 1. The molecule has 2 aromatic carbocycles. The van der Waals surface area contributed by atoms with Crippen LogP contribution in [-0.4, -0.2) is 25.0 Å². The van der Waals surface area contributed by atoms with E-state index >= 15 is 0 Å². The van der Waals surface area contributed by atoms with E-state index in [-0.39, 0.29) is 5.91 Å². The number of hydrogen-bond donors (Lipinski definition) is 1. The molecule has 0 aliphatic carbocycles. The van der Waals surface area contributed by atoms with Crippen LogP contribution in [0.25, 0.3) is 0 Å². The van der Waals surface area contributed by atoms with Crippen LogP contribution in [0.5, 0.6) is 5.75 Å². The van der Waals surface area contributed by atoms with Gasteiger partial charge in [-0.2, -0.15) is 0 Å². The monoisotopic (exact) mass is 376 g/mol. The molecular weight excluding hydrogens is 356 g/mol. The van der Waals surface area contributed by atoms with Crippen molar-refractivity contribution in [3.8, 4) is 5.75 Å². The van der Waals surface area contributed by atoms with Gasteiger partial charge < -0.3 is 15.4 Å². The second kappa shape index (κ2) is 7.15. The molecule has 23 heavy (non-hydrogen) atoms. The zero-order valence-electron chi connectivity index (χ0n) is 13.5. The third-order valence-electron chi connectivity index (χ3n) is 3.81. The molecule has 2 N–H and O–H groups in total. The van der Waals surface area contributed by atoms with Gasteiger partial charge in [-0.1, -0.05) is 40.2 Å². The Labute approximate surface area is 145 Å². The van der Waals surface area contributed by atoms with E-state index in [1.54, 1.807) is 26.0 Å². The number of halogens is 1. The summed E-state index contributed by atoms with van der Waals surface area (Å²) < 4.78 is 6.09. The van der Waals surface area contributed by atoms with Gasteiger partial charge in [-0.3, -0.25) is 4.79 Å². The molecule has 0 saturated heterocycles. The van der Waals surface area contributed by atoms with Gasteiger partial charge in [0.05, 0.1) is 7.11 Å². The molecule has 0 aliphatic heterocycles. The van der Waals surface area contributed by atoms with Gasteiger partial charge in [-0.25, -0.2) is 0 Å². The number of hydrogen-bond acceptors (Lipinski definition) is 3. The quantitative estimate of drug-likeness (QED) is 0.870. The predicted octanol–water partition coefficient (Wildman–Crippen LogP) is 3.29. The van der Waals surface area contributed by atoms with Crippen LogP contribution in [0.1, 0.15) is 18.1 Å². The lowest BCUT2D eigenvalue weighted by atomic mass is 9.91. The van der Waals surface area contributed by atoms with Gasteiger partial charge in [0.1, 0.15) is 11.3 Å². The summed E-state index contributed by atoms with van der Waals surface area (Å²) in [6.45, 7) is 2.23. The van der Waals surface area contributed by atoms with Crippen molar-refractivity contribution in [2.75, 3.05) is 14.2 Å². The first-order chi connectivity index (χ1) is 10.8. The molecule has 122 valence electrons. The van der Waals surface area contributed by atoms with Crippen molar-refractivity contribution in [3.63, 3.8) is 0 Å². The van der Waals surface area contributed by atoms with E-state index in [1.165, 1.54) is 0 Å². The van der Waals surface area contributed by atoms with E-state index in [2.05, 4.69) is 15.9 Å². The molecule has 0 aliphatic rings. The Morgan fingerprint density at radius 3 is 2.26 bits per heavy atom. The maximum atomic E-state index is 12.7. The Morgan fingerprint density at radius 2 is 1.74 bits per heavy atom. The van der Waals surface area contributed by atoms with Crippen LogP contribution < -0.4 is 10.5 Å². The van der Waals surface area contributed by atoms with E-state index in [4.69, 9.17) is 10.5 Å². The summed E-state index contributed by atoms with van der Waals surface area (Å²) >= 11 is 3.39. The number of amides is 1. The first-order valence-corrected chi connectivity index (χ1v) is 8.07. The minimum atomic E-state index is -1.07. The van der Waals surface area contributed by atoms with Gasteiger partial charge in [0.2, 0.25) is 5.91 Å². The highest BCUT2D eigenvalue weighted by Crippen LogP contribution is 2.23. The average Bonchev–Trinajstić information content (AvgIpc) is 2.55. The van der Waals surface area contributed by atoms with Crippen molar-refractivity contribution in [1.29, 1.82) is 0 Å². The number of rotatable bonds is 5. The topological polar surface area (TPSA) is 55.6 Å². The summed E-state index contributed by atoms with van der Waals surface area (Å²) in [7, 11) is 3.39. The van der Waals surface area contributed by atoms with Crippen molar-refractivity contribution in [2.45, 2.75) is 19.0 Å². The lowest BCUT2D eigenvalue weighted by Crippen LogP contribution is -2.49. The number of benzene rings is 2. The highest BCUT2D eigenvalue weighted by molar-refractivity contribution is 9.10. The predicted molar refractivity (Wildman–Crippen MR) is 95.1 cm³/mol. The minimum Gasteiger partial charge on any atom is -0.497 e. The largest absolute Gasteiger partial charge is 0.497 e. The van der Waals surface area contributed by atoms with Crippen molar-refractivity contribution in [3.05, 3.63) is 64.1 Å². The lowest BCUT2D eigenvalue weighted by Gasteiger charge is -2.30. The molecule has 0 fully saturated rings. The normalized spacial score (nSPS) is 13.3. The molecule has 0 spiro atoms. The third-order valence-corrected chi connectivity index (χ3v) is 4.34. The third kappa shape index (κ3) is 4.12. The summed E-state index contributed by atoms with van der Waals surface area (Å²) in [5, 5.41) is 0. The number of likely N-dealkylation sites (N-methyl/N-ethyl adjacent to an activating group) is 1. The summed E-state index contributed by atoms with van der Waals surface area (Å²) in [5.74, 6) is 0.664. The van der Waals surface area contributed by atoms with Crippen LogP contribution in [-0.2, 0) is 16.9 Å². The zero-order valence-corrected chi connectivity index (χ0v) is 15.1. The first-order valence-electron chi connectivity index (χ1n) is 7.28. The fourth-order valence-electron chi connectivity index (χ4n) is 2.39. The van der Waals surface area contributed by atoms with Crippen molar-refractivity contribution >= 4 is 21.8 Å². The van der Waals surface area contributed by atoms with Gasteiger partial charge in [0, 0.05) is 18.1 Å². The molecule has 0 heterocycles. The van der Waals surface area contributed by atoms with Crippen LogP contribution in [0, 0.1) is 0 Å². The molecule has 1 amide bonds. The fourth-order valence-corrected chi connectivity index (χ4v) is 2.66. The molecule has 5 heteroatoms. The Kier molecular flexibility index (Phi) is 5.44. The minimum absolute atomic E-state index is 0.129. The Hall–Kier alpha value is -1.85. The summed E-state index contributed by atoms with van der Waals surface area (Å²) in [6.07, 6.45) is 0. The molecule has 0 saturated carbocycles. The fraction of sp³-hybridized carbons (Fsp3) is 0.278. The van der Waals surface area contributed by atoms with Crippen molar-refractivity contribution in [2.24, 2.45) is 5.73 Å². The van der Waals surface area contributed by atoms with Crippen LogP contribution in [0.2, 0.25) is 0 Å². The second-order valence-electron chi connectivity index (χ2n) is 5.72. The van der Waals surface area contributed by atoms with Gasteiger partial charge in [0.25, 0.3) is 0 Å². The van der Waals surface area contributed by atoms with Gasteiger partial charge in [0.15, 0.2) is 0 Å². The molecule has 0 aromatic heterocycles. The molecule has 1 unspecified atom stereocenters. The summed E-state index contributed by atoms with van der Waals surface area (Å²) in [4.78, 5) is 14.4. The van der Waals surface area contributed by atoms with Gasteiger partial charge >= 0.3 is 0 Å². The maximum Gasteiger partial charge on any atom is 0.247 e. The lowest BCUT2D eigenvalue weighted by molar-refractivity contribution is -0.136. The molecular formula is C18H21BrN2O2. The van der Waals surface area contributed by atoms with E-state index in [0.717, 1.165) is 21.3 Å². The number of carbonyl (C=O) groups excluding carboxylic acids is 1. The van der Waals surface area contributed by atoms with Gasteiger partial charge in [-0.15, -0.1) is 0 Å². The molecule has 1 atom stereocenters. The highest BCUT2D eigenvalue weighted by Gasteiger charge is 2.33. The molecule has 2 aromatic rings. The average molecular weight is 377 g/mol. The standard InChI is InChI=1S/C18H21BrN2O2/c1-18(20,14-6-8-15(19)9-7-14)17(22)21(2)12-13-4-10-16(23-3)11-5-13/h4-11H,12,20H2,1-3H3. The summed E-state index contributed by atoms with van der Waals surface area (Å²) in [6, 6.07) is 15.1. The van der Waals surface area contributed by atoms with Crippen LogP contribution in [0.3, 0.4) is 0 Å². The van der Waals surface area contributed by atoms with Crippen molar-refractivity contribution in [1.82, 2.24) is 4.90 Å². The van der Waals surface area contributed by atoms with E-state index in [1.807, 2.05) is 48.5 Å². The number of nitrogens with zero attached hydrogens (tertiary/aromatic N) is 1. The highest BCUT2D eigenvalue weighted by atomic mass is 79.9. The second-order valence-corrected chi connectivity index (χ2v) is 6.63. The smallest absolute Gasteiger partial charge is 0.247 e. The number of methoxy groups -OCH3 is 1. The van der Waals surface area contributed by atoms with Crippen LogP contribution >= 0.6 is 15.9 Å². The van der Waals surface area contributed by atoms with E-state index < -0.39 is 5.54 Å². The maximum absolute atomic E-state index is 12.7. The first kappa shape index (κ1) is 17.5. The van der Waals surface area contributed by atoms with Crippen LogP contribution in [0.15, 0.2) is 53.0 Å². The van der Waals surface area contributed by atoms with Crippen LogP contribution in [0.4, 0.5) is 0 Å². The van der Waals surface area contributed by atoms with E-state index in [0.29, 0.717) is 6.54 Å². The van der Waals surface area contributed by atoms with E-state index in [9.17, 15) is 4.79 Å². The number of nitrogens with two attached hydrogens (primary N) is 1.